The molecule has 2 rings (SSSR count). The fourth-order valence-electron chi connectivity index (χ4n) is 2.55. The van der Waals surface area contributed by atoms with Crippen molar-refractivity contribution in [3.05, 3.63) is 53.3 Å². The van der Waals surface area contributed by atoms with Crippen LogP contribution < -0.4 is 19.5 Å². The van der Waals surface area contributed by atoms with Crippen molar-refractivity contribution in [2.24, 2.45) is 0 Å². The van der Waals surface area contributed by atoms with Gasteiger partial charge in [0.05, 0.1) is 33.8 Å². The fourth-order valence-corrected chi connectivity index (χ4v) is 2.55. The van der Waals surface area contributed by atoms with Gasteiger partial charge >= 0.3 is 5.97 Å². The van der Waals surface area contributed by atoms with Crippen molar-refractivity contribution in [3.8, 4) is 17.2 Å². The second-order valence-electron chi connectivity index (χ2n) is 5.59. The lowest BCUT2D eigenvalue weighted by molar-refractivity contribution is -0.137. The average molecular weight is 377 g/mol. The summed E-state index contributed by atoms with van der Waals surface area (Å²) in [4.78, 5) is 23.7. The highest BCUT2D eigenvalue weighted by Crippen LogP contribution is 2.31. The highest BCUT2D eigenvalue weighted by molar-refractivity contribution is 5.94. The van der Waals surface area contributed by atoms with E-state index in [1.54, 1.807) is 18.2 Å². The highest BCUT2D eigenvalue weighted by atomic mass is 19.1. The lowest BCUT2D eigenvalue weighted by Crippen LogP contribution is -2.30. The van der Waals surface area contributed by atoms with Crippen LogP contribution in [0.3, 0.4) is 0 Å². The number of carbonyl (C=O) groups excluding carboxylic acids is 1. The van der Waals surface area contributed by atoms with Crippen molar-refractivity contribution in [3.63, 3.8) is 0 Å². The molecule has 1 amide bonds. The van der Waals surface area contributed by atoms with E-state index < -0.39 is 23.7 Å². The minimum absolute atomic E-state index is 0.00790. The summed E-state index contributed by atoms with van der Waals surface area (Å²) >= 11 is 0. The Bertz CT molecular complexity index is 839. The van der Waals surface area contributed by atoms with E-state index >= 15 is 0 Å². The summed E-state index contributed by atoms with van der Waals surface area (Å²) in [6.45, 7) is 0. The van der Waals surface area contributed by atoms with Gasteiger partial charge in [0.15, 0.2) is 23.1 Å². The molecule has 27 heavy (non-hydrogen) atoms. The van der Waals surface area contributed by atoms with E-state index in [4.69, 9.17) is 14.2 Å². The average Bonchev–Trinajstić information content (AvgIpc) is 2.66. The molecule has 0 aliphatic rings. The number of carboxylic acids is 1. The van der Waals surface area contributed by atoms with Gasteiger partial charge in [-0.05, 0) is 35.9 Å². The summed E-state index contributed by atoms with van der Waals surface area (Å²) in [5.41, 5.74) is 0.557. The van der Waals surface area contributed by atoms with Crippen molar-refractivity contribution in [2.75, 3.05) is 21.3 Å². The largest absolute Gasteiger partial charge is 0.494 e. The van der Waals surface area contributed by atoms with E-state index in [0.717, 1.165) is 6.07 Å². The van der Waals surface area contributed by atoms with Gasteiger partial charge in [0.25, 0.3) is 5.91 Å². The Morgan fingerprint density at radius 1 is 1.00 bits per heavy atom. The predicted octanol–water partition coefficient (Wildman–Crippen LogP) is 2.80. The van der Waals surface area contributed by atoms with Crippen LogP contribution in [0.2, 0.25) is 0 Å². The number of carbonyl (C=O) groups is 2. The zero-order chi connectivity index (χ0) is 20.0. The van der Waals surface area contributed by atoms with Crippen LogP contribution in [0, 0.1) is 5.82 Å². The first-order valence-electron chi connectivity index (χ1n) is 7.97. The Hall–Kier alpha value is -3.29. The number of benzene rings is 2. The number of hydrogen-bond donors (Lipinski definition) is 2. The number of hydrogen-bond acceptors (Lipinski definition) is 5. The molecule has 2 N–H and O–H groups in total. The normalized spacial score (nSPS) is 11.4. The predicted molar refractivity (Wildman–Crippen MR) is 95.0 cm³/mol. The number of nitrogens with one attached hydrogen (secondary N) is 1. The second-order valence-corrected chi connectivity index (χ2v) is 5.59. The summed E-state index contributed by atoms with van der Waals surface area (Å²) < 4.78 is 29.0. The van der Waals surface area contributed by atoms with E-state index in [2.05, 4.69) is 5.32 Å². The monoisotopic (exact) mass is 377 g/mol. The SMILES string of the molecule is COc1ccc(C(=O)NC(CC(=O)O)c2ccc(OC)c(OC)c2)cc1F. The zero-order valence-corrected chi connectivity index (χ0v) is 15.1. The number of amides is 1. The summed E-state index contributed by atoms with van der Waals surface area (Å²) in [7, 11) is 4.25. The topological polar surface area (TPSA) is 94.1 Å². The van der Waals surface area contributed by atoms with Gasteiger partial charge in [-0.1, -0.05) is 6.07 Å². The summed E-state index contributed by atoms with van der Waals surface area (Å²) in [6, 6.07) is 7.73. The van der Waals surface area contributed by atoms with E-state index in [9.17, 15) is 19.1 Å². The number of carboxylic acid groups (broad SMARTS) is 1. The Balaban J connectivity index is 2.30. The van der Waals surface area contributed by atoms with Gasteiger partial charge in [0, 0.05) is 5.56 Å². The molecule has 0 spiro atoms. The number of aliphatic carboxylic acids is 1. The van der Waals surface area contributed by atoms with Gasteiger partial charge in [-0.3, -0.25) is 9.59 Å². The summed E-state index contributed by atoms with van der Waals surface area (Å²) in [5.74, 6) is -1.53. The highest BCUT2D eigenvalue weighted by Gasteiger charge is 2.21. The molecule has 0 bridgehead atoms. The minimum Gasteiger partial charge on any atom is -0.494 e. The van der Waals surface area contributed by atoms with Crippen LogP contribution in [-0.2, 0) is 4.79 Å². The molecule has 0 saturated heterocycles. The Kier molecular flexibility index (Phi) is 6.59. The summed E-state index contributed by atoms with van der Waals surface area (Å²) in [6.07, 6.45) is -0.361. The molecule has 2 aromatic rings. The number of halogens is 1. The van der Waals surface area contributed by atoms with Crippen molar-refractivity contribution in [1.82, 2.24) is 5.32 Å². The molecular weight excluding hydrogens is 357 g/mol. The number of ether oxygens (including phenoxy) is 3. The van der Waals surface area contributed by atoms with Crippen LogP contribution in [0.5, 0.6) is 17.2 Å². The van der Waals surface area contributed by atoms with Gasteiger partial charge in [0.2, 0.25) is 0 Å². The van der Waals surface area contributed by atoms with Gasteiger partial charge in [-0.25, -0.2) is 4.39 Å². The van der Waals surface area contributed by atoms with Crippen molar-refractivity contribution in [1.29, 1.82) is 0 Å². The van der Waals surface area contributed by atoms with Crippen LogP contribution in [0.4, 0.5) is 4.39 Å². The van der Waals surface area contributed by atoms with Gasteiger partial charge in [0.1, 0.15) is 0 Å². The minimum atomic E-state index is -1.10. The molecule has 0 aromatic heterocycles. The van der Waals surface area contributed by atoms with Crippen LogP contribution in [-0.4, -0.2) is 38.3 Å². The van der Waals surface area contributed by atoms with Crippen LogP contribution in [0.25, 0.3) is 0 Å². The first-order valence-corrected chi connectivity index (χ1v) is 7.97. The van der Waals surface area contributed by atoms with Crippen LogP contribution in [0.15, 0.2) is 36.4 Å². The fraction of sp³-hybridized carbons (Fsp3) is 0.263. The van der Waals surface area contributed by atoms with Crippen molar-refractivity contribution in [2.45, 2.75) is 12.5 Å². The molecular formula is C19H20FNO6. The molecule has 0 saturated carbocycles. The van der Waals surface area contributed by atoms with Gasteiger partial charge in [-0.15, -0.1) is 0 Å². The van der Waals surface area contributed by atoms with E-state index in [1.807, 2.05) is 0 Å². The van der Waals surface area contributed by atoms with E-state index in [-0.39, 0.29) is 17.7 Å². The molecule has 0 heterocycles. The maximum absolute atomic E-state index is 13.8. The molecule has 0 aliphatic heterocycles. The molecule has 0 radical (unpaired) electrons. The third-order valence-electron chi connectivity index (χ3n) is 3.91. The van der Waals surface area contributed by atoms with Gasteiger partial charge < -0.3 is 24.6 Å². The maximum Gasteiger partial charge on any atom is 0.305 e. The summed E-state index contributed by atoms with van der Waals surface area (Å²) in [5, 5.41) is 11.8. The molecule has 0 aliphatic carbocycles. The lowest BCUT2D eigenvalue weighted by Gasteiger charge is -2.19. The molecule has 2 aromatic carbocycles. The molecule has 0 fully saturated rings. The number of rotatable bonds is 8. The Morgan fingerprint density at radius 3 is 2.19 bits per heavy atom. The molecule has 1 atom stereocenters. The number of methoxy groups -OCH3 is 3. The van der Waals surface area contributed by atoms with Crippen molar-refractivity contribution < 1.29 is 33.3 Å². The molecule has 1 unspecified atom stereocenters. The third kappa shape index (κ3) is 4.87. The first kappa shape index (κ1) is 20.0. The Morgan fingerprint density at radius 2 is 1.63 bits per heavy atom. The van der Waals surface area contributed by atoms with Gasteiger partial charge in [-0.2, -0.15) is 0 Å². The third-order valence-corrected chi connectivity index (χ3v) is 3.91. The standard InChI is InChI=1S/C19H20FNO6/c1-25-15-6-5-12(8-13(15)20)19(24)21-14(10-18(22)23)11-4-7-16(26-2)17(9-11)27-3/h4-9,14H,10H2,1-3H3,(H,21,24)(H,22,23). The quantitative estimate of drug-likeness (QED) is 0.735. The van der Waals surface area contributed by atoms with Crippen LogP contribution >= 0.6 is 0 Å². The zero-order valence-electron chi connectivity index (χ0n) is 15.1. The Labute approximate surface area is 155 Å². The molecule has 7 nitrogen and oxygen atoms in total. The molecule has 8 heteroatoms. The second kappa shape index (κ2) is 8.88. The maximum atomic E-state index is 13.8. The van der Waals surface area contributed by atoms with E-state index in [1.165, 1.54) is 33.5 Å². The van der Waals surface area contributed by atoms with Crippen molar-refractivity contribution >= 4 is 11.9 Å². The van der Waals surface area contributed by atoms with E-state index in [0.29, 0.717) is 17.1 Å². The lowest BCUT2D eigenvalue weighted by atomic mass is 10.0. The first-order chi connectivity index (χ1) is 12.9. The molecule has 144 valence electrons. The van der Waals surface area contributed by atoms with Crippen LogP contribution in [0.1, 0.15) is 28.4 Å². The smallest absolute Gasteiger partial charge is 0.305 e.